The van der Waals surface area contributed by atoms with Gasteiger partial charge in [0, 0.05) is 19.2 Å². The molecule has 0 amide bonds. The van der Waals surface area contributed by atoms with Crippen molar-refractivity contribution < 1.29 is 17.6 Å². The molecule has 0 spiro atoms. The molecule has 1 atom stereocenters. The number of halogens is 5. The Morgan fingerprint density at radius 1 is 0.861 bits per heavy atom. The highest BCUT2D eigenvalue weighted by Gasteiger charge is 2.39. The van der Waals surface area contributed by atoms with Gasteiger partial charge in [0.25, 0.3) is 0 Å². The van der Waals surface area contributed by atoms with Gasteiger partial charge in [-0.1, -0.05) is 60.1 Å². The molecule has 4 aromatic rings. The number of pyridine rings is 1. The summed E-state index contributed by atoms with van der Waals surface area (Å²) < 4.78 is 56.0. The second-order valence-electron chi connectivity index (χ2n) is 8.87. The molecule has 0 bridgehead atoms. The zero-order valence-electron chi connectivity index (χ0n) is 19.8. The fourth-order valence-electron chi connectivity index (χ4n) is 4.38. The van der Waals surface area contributed by atoms with E-state index in [0.29, 0.717) is 23.3 Å². The zero-order valence-corrected chi connectivity index (χ0v) is 20.6. The van der Waals surface area contributed by atoms with Crippen molar-refractivity contribution in [1.29, 1.82) is 0 Å². The summed E-state index contributed by atoms with van der Waals surface area (Å²) in [6, 6.07) is 21.2. The lowest BCUT2D eigenvalue weighted by Crippen LogP contribution is -2.46. The molecule has 1 aromatic heterocycles. The minimum Gasteiger partial charge on any atom is -0.298 e. The van der Waals surface area contributed by atoms with E-state index in [0.717, 1.165) is 34.4 Å². The average molecular weight is 513 g/mol. The van der Waals surface area contributed by atoms with E-state index in [1.54, 1.807) is 12.1 Å². The van der Waals surface area contributed by atoms with E-state index in [-0.39, 0.29) is 12.0 Å². The fourth-order valence-corrected chi connectivity index (χ4v) is 4.49. The number of nitrogens with zero attached hydrogens (tertiary/aromatic N) is 1. The minimum atomic E-state index is -4.71. The first-order valence-electron chi connectivity index (χ1n) is 11.4. The van der Waals surface area contributed by atoms with Crippen LogP contribution in [0.1, 0.15) is 39.1 Å². The highest BCUT2D eigenvalue weighted by atomic mass is 35.5. The van der Waals surface area contributed by atoms with Gasteiger partial charge in [0.1, 0.15) is 5.82 Å². The molecular weight excluding hydrogens is 488 g/mol. The van der Waals surface area contributed by atoms with Gasteiger partial charge in [-0.05, 0) is 72.0 Å². The van der Waals surface area contributed by atoms with Crippen molar-refractivity contribution in [2.24, 2.45) is 0 Å². The predicted molar refractivity (Wildman–Crippen MR) is 134 cm³/mol. The summed E-state index contributed by atoms with van der Waals surface area (Å²) in [4.78, 5) is 4.50. The maximum Gasteiger partial charge on any atom is 0.416 e. The van der Waals surface area contributed by atoms with Crippen molar-refractivity contribution in [3.8, 4) is 0 Å². The van der Waals surface area contributed by atoms with Crippen LogP contribution in [0.5, 0.6) is 0 Å². The van der Waals surface area contributed by atoms with Crippen LogP contribution in [0, 0.1) is 19.7 Å². The summed E-state index contributed by atoms with van der Waals surface area (Å²) in [6.45, 7) is 4.32. The first-order chi connectivity index (χ1) is 17.1. The monoisotopic (exact) mass is 512 g/mol. The van der Waals surface area contributed by atoms with E-state index in [9.17, 15) is 17.6 Å². The van der Waals surface area contributed by atoms with Crippen molar-refractivity contribution in [2.75, 3.05) is 0 Å². The van der Waals surface area contributed by atoms with Gasteiger partial charge in [-0.2, -0.15) is 13.2 Å². The highest BCUT2D eigenvalue weighted by Crippen LogP contribution is 2.38. The summed E-state index contributed by atoms with van der Waals surface area (Å²) in [6.07, 6.45) is -3.04. The van der Waals surface area contributed by atoms with Crippen LogP contribution in [0.15, 0.2) is 85.1 Å². The van der Waals surface area contributed by atoms with Crippen molar-refractivity contribution in [3.05, 3.63) is 135 Å². The average Bonchev–Trinajstić information content (AvgIpc) is 2.84. The van der Waals surface area contributed by atoms with Crippen molar-refractivity contribution >= 4 is 11.6 Å². The van der Waals surface area contributed by atoms with Crippen molar-refractivity contribution in [2.45, 2.75) is 38.5 Å². The summed E-state index contributed by atoms with van der Waals surface area (Å²) in [5.74, 6) is -0.972. The Morgan fingerprint density at radius 3 is 2.25 bits per heavy atom. The van der Waals surface area contributed by atoms with Gasteiger partial charge in [0.05, 0.1) is 21.8 Å². The summed E-state index contributed by atoms with van der Waals surface area (Å²) in [7, 11) is 0. The third kappa shape index (κ3) is 5.61. The van der Waals surface area contributed by atoms with Crippen LogP contribution < -0.4 is 5.32 Å². The largest absolute Gasteiger partial charge is 0.416 e. The third-order valence-electron chi connectivity index (χ3n) is 6.49. The molecule has 1 heterocycles. The van der Waals surface area contributed by atoms with Crippen LogP contribution in [0.4, 0.5) is 17.6 Å². The third-order valence-corrected chi connectivity index (χ3v) is 6.72. The van der Waals surface area contributed by atoms with Crippen LogP contribution in [-0.4, -0.2) is 4.98 Å². The molecule has 0 saturated carbocycles. The van der Waals surface area contributed by atoms with Crippen LogP contribution >= 0.6 is 11.6 Å². The topological polar surface area (TPSA) is 24.9 Å². The predicted octanol–water partition coefficient (Wildman–Crippen LogP) is 7.79. The number of rotatable bonds is 7. The molecule has 1 N–H and O–H groups in total. The summed E-state index contributed by atoms with van der Waals surface area (Å²) in [5.41, 5.74) is 2.20. The molecule has 36 heavy (non-hydrogen) atoms. The Kier molecular flexibility index (Phi) is 7.48. The van der Waals surface area contributed by atoms with Crippen LogP contribution in [0.25, 0.3) is 0 Å². The second kappa shape index (κ2) is 10.4. The number of alkyl halides is 3. The van der Waals surface area contributed by atoms with E-state index in [1.165, 1.54) is 6.20 Å². The van der Waals surface area contributed by atoms with E-state index in [2.05, 4.69) is 10.3 Å². The Hall–Kier alpha value is -3.22. The molecule has 0 aliphatic carbocycles. The number of hydrogen-bond acceptors (Lipinski definition) is 2. The van der Waals surface area contributed by atoms with Crippen LogP contribution in [0.3, 0.4) is 0 Å². The van der Waals surface area contributed by atoms with Gasteiger partial charge in [-0.25, -0.2) is 4.39 Å². The van der Waals surface area contributed by atoms with Gasteiger partial charge >= 0.3 is 6.18 Å². The van der Waals surface area contributed by atoms with Gasteiger partial charge in [0.15, 0.2) is 0 Å². The van der Waals surface area contributed by atoms with Gasteiger partial charge in [-0.15, -0.1) is 0 Å². The van der Waals surface area contributed by atoms with E-state index >= 15 is 0 Å². The molecule has 0 aliphatic rings. The lowest BCUT2D eigenvalue weighted by molar-refractivity contribution is -0.137. The molecule has 7 heteroatoms. The molecule has 2 nitrogen and oxygen atoms in total. The fraction of sp³-hybridized carbons (Fsp3) is 0.207. The Labute approximate surface area is 213 Å². The van der Waals surface area contributed by atoms with Gasteiger partial charge in [-0.3, -0.25) is 10.3 Å². The molecule has 4 rings (SSSR count). The quantitative estimate of drug-likeness (QED) is 0.256. The molecule has 186 valence electrons. The Morgan fingerprint density at radius 2 is 1.58 bits per heavy atom. The first kappa shape index (κ1) is 25.9. The maximum absolute atomic E-state index is 14.7. The Bertz CT molecular complexity index is 1340. The van der Waals surface area contributed by atoms with Crippen LogP contribution in [-0.2, 0) is 24.7 Å². The molecule has 1 unspecified atom stereocenters. The Balaban J connectivity index is 1.94. The number of benzene rings is 3. The molecule has 0 fully saturated rings. The minimum absolute atomic E-state index is 0.124. The van der Waals surface area contributed by atoms with E-state index < -0.39 is 23.1 Å². The maximum atomic E-state index is 14.7. The lowest BCUT2D eigenvalue weighted by Gasteiger charge is -2.36. The number of aromatic nitrogens is 1. The number of nitrogens with one attached hydrogen (secondary N) is 1. The van der Waals surface area contributed by atoms with E-state index in [1.807, 2.05) is 62.4 Å². The first-order valence-corrected chi connectivity index (χ1v) is 11.8. The molecular formula is C29H25ClF4N2. The number of aryl methyl sites for hydroxylation is 1. The SMILES string of the molecule is Cc1cccc(CNC(Cc2ccccc2)(c2cc(F)cc(C(F)(F)F)c2)c2ccc(Cl)cn2)c1C. The molecule has 3 aromatic carbocycles. The normalized spacial score (nSPS) is 13.4. The van der Waals surface area contributed by atoms with Crippen molar-refractivity contribution in [3.63, 3.8) is 0 Å². The summed E-state index contributed by atoms with van der Waals surface area (Å²) in [5, 5.41) is 3.87. The molecule has 0 aliphatic heterocycles. The summed E-state index contributed by atoms with van der Waals surface area (Å²) >= 11 is 6.10. The van der Waals surface area contributed by atoms with Crippen LogP contribution in [0.2, 0.25) is 5.02 Å². The van der Waals surface area contributed by atoms with Gasteiger partial charge < -0.3 is 0 Å². The highest BCUT2D eigenvalue weighted by molar-refractivity contribution is 6.30. The smallest absolute Gasteiger partial charge is 0.298 e. The van der Waals surface area contributed by atoms with E-state index in [4.69, 9.17) is 11.6 Å². The second-order valence-corrected chi connectivity index (χ2v) is 9.30. The van der Waals surface area contributed by atoms with Gasteiger partial charge in [0.2, 0.25) is 0 Å². The lowest BCUT2D eigenvalue weighted by atomic mass is 9.79. The molecule has 0 saturated heterocycles. The van der Waals surface area contributed by atoms with Crippen molar-refractivity contribution in [1.82, 2.24) is 10.3 Å². The molecule has 0 radical (unpaired) electrons. The zero-order chi connectivity index (χ0) is 25.9. The number of hydrogen-bond donors (Lipinski definition) is 1. The standard InChI is InChI=1S/C29H25ClF4N2/c1-19-7-6-10-22(20(19)2)17-36-28(16-21-8-4-3-5-9-21,27-12-11-25(30)18-35-27)23-13-24(29(32,33)34)15-26(31)14-23/h3-15,18,36H,16-17H2,1-2H3.